The van der Waals surface area contributed by atoms with Crippen LogP contribution < -0.4 is 20.9 Å². The Morgan fingerprint density at radius 2 is 1.89 bits per heavy atom. The maximum atomic E-state index is 12.8. The number of nitrogens with zero attached hydrogens (tertiary/aromatic N) is 3. The molecule has 10 heteroatoms. The fourth-order valence-electron chi connectivity index (χ4n) is 3.31. The molecular formula is C25H19F2N5O3. The molecule has 2 N–H and O–H groups in total. The van der Waals surface area contributed by atoms with E-state index in [0.29, 0.717) is 38.4 Å². The van der Waals surface area contributed by atoms with Crippen molar-refractivity contribution in [2.75, 3.05) is 10.6 Å². The van der Waals surface area contributed by atoms with Crippen molar-refractivity contribution in [3.8, 4) is 23.3 Å². The summed E-state index contributed by atoms with van der Waals surface area (Å²) in [6, 6.07) is 12.8. The number of carbonyl (C=O) groups is 1. The van der Waals surface area contributed by atoms with Gasteiger partial charge in [-0.3, -0.25) is 14.2 Å². The molecule has 0 atom stereocenters. The maximum absolute atomic E-state index is 12.8. The van der Waals surface area contributed by atoms with E-state index in [1.165, 1.54) is 12.4 Å². The molecule has 0 aliphatic heterocycles. The quantitative estimate of drug-likeness (QED) is 0.381. The molecule has 2 heterocycles. The highest BCUT2D eigenvalue weighted by atomic mass is 19.3. The highest BCUT2D eigenvalue weighted by molar-refractivity contribution is 6.05. The molecule has 176 valence electrons. The highest BCUT2D eigenvalue weighted by Crippen LogP contribution is 2.30. The van der Waals surface area contributed by atoms with Gasteiger partial charge in [-0.1, -0.05) is 5.92 Å². The molecule has 0 aliphatic rings. The van der Waals surface area contributed by atoms with Crippen LogP contribution in [0.25, 0.3) is 10.9 Å². The minimum atomic E-state index is -2.92. The monoisotopic (exact) mass is 475 g/mol. The molecule has 0 aliphatic carbocycles. The number of rotatable bonds is 6. The van der Waals surface area contributed by atoms with Crippen LogP contribution in [0.4, 0.5) is 26.0 Å². The van der Waals surface area contributed by atoms with E-state index in [9.17, 15) is 18.4 Å². The molecule has 0 saturated carbocycles. The smallest absolute Gasteiger partial charge is 0.321 e. The summed E-state index contributed by atoms with van der Waals surface area (Å²) in [5.41, 5.74) is 1.81. The number of hydrogen-bond donors (Lipinski definition) is 2. The minimum Gasteiger partial charge on any atom is -0.457 e. The summed E-state index contributed by atoms with van der Waals surface area (Å²) in [5.74, 6) is 5.69. The number of hydrogen-bond acceptors (Lipinski definition) is 6. The zero-order valence-electron chi connectivity index (χ0n) is 18.7. The van der Waals surface area contributed by atoms with Crippen LogP contribution in [0.1, 0.15) is 19.0 Å². The standard InChI is InChI=1S/C25H19F2N5O3/c1-3-4-22(33)30-17-5-7-20-19(12-17)24(29-14-28-20)31-16-6-8-21(15(2)11-16)35-18-9-10-32(25(26)27)23(34)13-18/h5-14,25H,1-2H3,(H,30,33)(H,28,29,31). The van der Waals surface area contributed by atoms with E-state index in [1.54, 1.807) is 44.2 Å². The predicted octanol–water partition coefficient (Wildman–Crippen LogP) is 4.99. The third-order valence-electron chi connectivity index (χ3n) is 4.93. The van der Waals surface area contributed by atoms with Crippen LogP contribution in [-0.2, 0) is 4.79 Å². The Morgan fingerprint density at radius 1 is 1.09 bits per heavy atom. The molecule has 4 rings (SSSR count). The maximum Gasteiger partial charge on any atom is 0.321 e. The van der Waals surface area contributed by atoms with Crippen molar-refractivity contribution in [3.63, 3.8) is 0 Å². The van der Waals surface area contributed by atoms with Crippen molar-refractivity contribution in [2.45, 2.75) is 20.4 Å². The molecule has 2 aromatic heterocycles. The van der Waals surface area contributed by atoms with Gasteiger partial charge in [0.1, 0.15) is 23.6 Å². The Hall–Kier alpha value is -4.78. The van der Waals surface area contributed by atoms with E-state index in [1.807, 2.05) is 6.07 Å². The zero-order chi connectivity index (χ0) is 24.9. The van der Waals surface area contributed by atoms with Gasteiger partial charge in [-0.05, 0) is 67.8 Å². The van der Waals surface area contributed by atoms with E-state index < -0.39 is 18.0 Å². The fraction of sp³-hybridized carbons (Fsp3) is 0.120. The summed E-state index contributed by atoms with van der Waals surface area (Å²) in [7, 11) is 0. The summed E-state index contributed by atoms with van der Waals surface area (Å²) in [5, 5.41) is 6.62. The van der Waals surface area contributed by atoms with Crippen molar-refractivity contribution < 1.29 is 18.3 Å². The first-order valence-electron chi connectivity index (χ1n) is 10.4. The number of aryl methyl sites for hydroxylation is 1. The van der Waals surface area contributed by atoms with Gasteiger partial charge in [0, 0.05) is 29.0 Å². The number of alkyl halides is 2. The number of anilines is 3. The number of aromatic nitrogens is 3. The van der Waals surface area contributed by atoms with Gasteiger partial charge in [-0.2, -0.15) is 8.78 Å². The van der Waals surface area contributed by atoms with Crippen LogP contribution in [-0.4, -0.2) is 20.4 Å². The number of nitrogens with one attached hydrogen (secondary N) is 2. The first kappa shape index (κ1) is 23.4. The lowest BCUT2D eigenvalue weighted by Gasteiger charge is -2.13. The molecule has 0 fully saturated rings. The summed E-state index contributed by atoms with van der Waals surface area (Å²) < 4.78 is 31.5. The van der Waals surface area contributed by atoms with Gasteiger partial charge in [0.05, 0.1) is 5.52 Å². The summed E-state index contributed by atoms with van der Waals surface area (Å²) in [6.45, 7) is 0.470. The lowest BCUT2D eigenvalue weighted by molar-refractivity contribution is -0.111. The average Bonchev–Trinajstić information content (AvgIpc) is 2.81. The van der Waals surface area contributed by atoms with Gasteiger partial charge < -0.3 is 15.4 Å². The van der Waals surface area contributed by atoms with Crippen molar-refractivity contribution in [2.24, 2.45) is 0 Å². The molecule has 0 spiro atoms. The van der Waals surface area contributed by atoms with Crippen LogP contribution >= 0.6 is 0 Å². The summed E-state index contributed by atoms with van der Waals surface area (Å²) >= 11 is 0. The second kappa shape index (κ2) is 10.0. The van der Waals surface area contributed by atoms with E-state index in [-0.39, 0.29) is 5.75 Å². The molecule has 4 aromatic rings. The van der Waals surface area contributed by atoms with E-state index in [2.05, 4.69) is 32.4 Å². The Balaban J connectivity index is 1.56. The number of amides is 1. The highest BCUT2D eigenvalue weighted by Gasteiger charge is 2.11. The molecule has 1 amide bonds. The molecule has 0 unspecified atom stereocenters. The topological polar surface area (TPSA) is 98.1 Å². The Kier molecular flexibility index (Phi) is 6.69. The first-order chi connectivity index (χ1) is 16.8. The van der Waals surface area contributed by atoms with Crippen molar-refractivity contribution in [1.82, 2.24) is 14.5 Å². The minimum absolute atomic E-state index is 0.153. The van der Waals surface area contributed by atoms with E-state index in [4.69, 9.17) is 4.74 Å². The molecule has 8 nitrogen and oxygen atoms in total. The van der Waals surface area contributed by atoms with Crippen LogP contribution in [0.2, 0.25) is 0 Å². The second-order valence-corrected chi connectivity index (χ2v) is 7.38. The van der Waals surface area contributed by atoms with Crippen LogP contribution in [0.15, 0.2) is 65.8 Å². The number of carbonyl (C=O) groups excluding carboxylic acids is 1. The number of halogens is 2. The molecular weight excluding hydrogens is 456 g/mol. The predicted molar refractivity (Wildman–Crippen MR) is 128 cm³/mol. The molecule has 0 radical (unpaired) electrons. The van der Waals surface area contributed by atoms with Crippen LogP contribution in [0, 0.1) is 18.8 Å². The summed E-state index contributed by atoms with van der Waals surface area (Å²) in [4.78, 5) is 32.2. The van der Waals surface area contributed by atoms with Crippen molar-refractivity contribution >= 4 is 34.0 Å². The van der Waals surface area contributed by atoms with Crippen LogP contribution in [0.3, 0.4) is 0 Å². The zero-order valence-corrected chi connectivity index (χ0v) is 18.7. The first-order valence-corrected chi connectivity index (χ1v) is 10.4. The van der Waals surface area contributed by atoms with Gasteiger partial charge >= 0.3 is 6.55 Å². The number of benzene rings is 2. The fourth-order valence-corrected chi connectivity index (χ4v) is 3.31. The largest absolute Gasteiger partial charge is 0.457 e. The second-order valence-electron chi connectivity index (χ2n) is 7.38. The number of pyridine rings is 1. The van der Waals surface area contributed by atoms with Gasteiger partial charge in [-0.25, -0.2) is 9.97 Å². The number of ether oxygens (including phenoxy) is 1. The number of fused-ring (bicyclic) bond motifs is 1. The van der Waals surface area contributed by atoms with Crippen LogP contribution in [0.5, 0.6) is 11.5 Å². The lowest BCUT2D eigenvalue weighted by Crippen LogP contribution is -2.18. The van der Waals surface area contributed by atoms with E-state index in [0.717, 1.165) is 17.8 Å². The Labute approximate surface area is 198 Å². The molecule has 2 aromatic carbocycles. The van der Waals surface area contributed by atoms with Crippen molar-refractivity contribution in [3.05, 3.63) is 77.0 Å². The SMILES string of the molecule is CC#CC(=O)Nc1ccc2ncnc(Nc3ccc(Oc4ccn(C(F)F)c(=O)c4)c(C)c3)c2c1. The van der Waals surface area contributed by atoms with Gasteiger partial charge in [0.15, 0.2) is 0 Å². The molecule has 0 saturated heterocycles. The molecule has 35 heavy (non-hydrogen) atoms. The Bertz CT molecular complexity index is 1540. The normalized spacial score (nSPS) is 10.5. The van der Waals surface area contributed by atoms with Gasteiger partial charge in [0.25, 0.3) is 11.5 Å². The Morgan fingerprint density at radius 3 is 2.60 bits per heavy atom. The third kappa shape index (κ3) is 5.42. The van der Waals surface area contributed by atoms with Crippen molar-refractivity contribution in [1.29, 1.82) is 0 Å². The van der Waals surface area contributed by atoms with E-state index >= 15 is 0 Å². The van der Waals surface area contributed by atoms with Gasteiger partial charge in [0.2, 0.25) is 0 Å². The summed E-state index contributed by atoms with van der Waals surface area (Å²) in [6.07, 6.45) is 2.41. The third-order valence-corrected chi connectivity index (χ3v) is 4.93. The lowest BCUT2D eigenvalue weighted by atomic mass is 10.1. The van der Waals surface area contributed by atoms with Gasteiger partial charge in [-0.15, -0.1) is 0 Å². The molecule has 0 bridgehead atoms. The average molecular weight is 475 g/mol.